The van der Waals surface area contributed by atoms with E-state index >= 15 is 0 Å². The van der Waals surface area contributed by atoms with Crippen molar-refractivity contribution in [3.8, 4) is 11.5 Å². The second kappa shape index (κ2) is 7.14. The summed E-state index contributed by atoms with van der Waals surface area (Å²) in [7, 11) is 3.07. The molecule has 110 valence electrons. The summed E-state index contributed by atoms with van der Waals surface area (Å²) in [6, 6.07) is 7.59. The number of nitrogens with zero attached hydrogens (tertiary/aromatic N) is 1. The highest BCUT2D eigenvalue weighted by Gasteiger charge is 2.28. The lowest BCUT2D eigenvalue weighted by molar-refractivity contribution is -0.144. The van der Waals surface area contributed by atoms with Crippen molar-refractivity contribution in [2.45, 2.75) is 6.42 Å². The van der Waals surface area contributed by atoms with Gasteiger partial charge in [0.1, 0.15) is 6.61 Å². The Bertz CT molecular complexity index is 449. The van der Waals surface area contributed by atoms with Crippen molar-refractivity contribution >= 4 is 5.97 Å². The molecule has 1 aliphatic heterocycles. The monoisotopic (exact) mass is 279 g/mol. The highest BCUT2D eigenvalue weighted by atomic mass is 16.5. The van der Waals surface area contributed by atoms with Gasteiger partial charge in [-0.05, 0) is 25.1 Å². The van der Waals surface area contributed by atoms with E-state index in [1.807, 2.05) is 24.3 Å². The molecule has 1 aliphatic rings. The zero-order valence-electron chi connectivity index (χ0n) is 12.0. The van der Waals surface area contributed by atoms with Gasteiger partial charge in [-0.1, -0.05) is 12.1 Å². The first kappa shape index (κ1) is 14.7. The normalized spacial score (nSPS) is 18.8. The average Bonchev–Trinajstić information content (AvgIpc) is 2.96. The van der Waals surface area contributed by atoms with E-state index in [1.165, 1.54) is 7.11 Å². The average molecular weight is 279 g/mol. The minimum absolute atomic E-state index is 0.00580. The fraction of sp³-hybridized carbons (Fsp3) is 0.533. The molecule has 1 atom stereocenters. The van der Waals surface area contributed by atoms with Gasteiger partial charge in [0, 0.05) is 13.1 Å². The summed E-state index contributed by atoms with van der Waals surface area (Å²) in [5.74, 6) is 1.38. The zero-order valence-corrected chi connectivity index (χ0v) is 12.0. The van der Waals surface area contributed by atoms with Crippen molar-refractivity contribution in [2.24, 2.45) is 5.92 Å². The highest BCUT2D eigenvalue weighted by molar-refractivity contribution is 5.72. The second-order valence-corrected chi connectivity index (χ2v) is 4.81. The van der Waals surface area contributed by atoms with Crippen LogP contribution >= 0.6 is 0 Å². The molecule has 20 heavy (non-hydrogen) atoms. The Labute approximate surface area is 119 Å². The van der Waals surface area contributed by atoms with Crippen LogP contribution in [0.2, 0.25) is 0 Å². The Kier molecular flexibility index (Phi) is 5.24. The zero-order chi connectivity index (χ0) is 14.4. The van der Waals surface area contributed by atoms with Gasteiger partial charge >= 0.3 is 5.97 Å². The van der Waals surface area contributed by atoms with Crippen LogP contribution < -0.4 is 9.47 Å². The van der Waals surface area contributed by atoms with Crippen LogP contribution in [-0.4, -0.2) is 51.3 Å². The smallest absolute Gasteiger partial charge is 0.310 e. The Hall–Kier alpha value is -1.75. The fourth-order valence-electron chi connectivity index (χ4n) is 2.42. The standard InChI is InChI=1S/C15H21NO4/c1-18-13-5-3-4-6-14(13)20-10-9-16-8-7-12(11-16)15(17)19-2/h3-6,12H,7-11H2,1-2H3. The van der Waals surface area contributed by atoms with Gasteiger partial charge in [0.25, 0.3) is 0 Å². The number of ether oxygens (including phenoxy) is 3. The molecule has 5 nitrogen and oxygen atoms in total. The quantitative estimate of drug-likeness (QED) is 0.740. The molecule has 0 spiro atoms. The summed E-state index contributed by atoms with van der Waals surface area (Å²) >= 11 is 0. The molecule has 0 radical (unpaired) electrons. The van der Waals surface area contributed by atoms with E-state index in [0.717, 1.165) is 37.6 Å². The Morgan fingerprint density at radius 1 is 1.30 bits per heavy atom. The lowest BCUT2D eigenvalue weighted by Crippen LogP contribution is -2.28. The summed E-state index contributed by atoms with van der Waals surface area (Å²) in [5, 5.41) is 0. The SMILES string of the molecule is COC(=O)C1CCN(CCOc2ccccc2OC)C1. The molecule has 0 bridgehead atoms. The molecule has 1 unspecified atom stereocenters. The summed E-state index contributed by atoms with van der Waals surface area (Å²) < 4.78 is 15.7. The third kappa shape index (κ3) is 3.63. The predicted octanol–water partition coefficient (Wildman–Crippen LogP) is 1.57. The maximum atomic E-state index is 11.4. The first-order valence-electron chi connectivity index (χ1n) is 6.80. The van der Waals surface area contributed by atoms with Gasteiger partial charge in [0.2, 0.25) is 0 Å². The van der Waals surface area contributed by atoms with Crippen LogP contribution in [-0.2, 0) is 9.53 Å². The molecule has 1 saturated heterocycles. The van der Waals surface area contributed by atoms with E-state index in [0.29, 0.717) is 6.61 Å². The topological polar surface area (TPSA) is 48.0 Å². The third-order valence-electron chi connectivity index (χ3n) is 3.54. The minimum Gasteiger partial charge on any atom is -0.493 e. The molecule has 1 aromatic carbocycles. The number of hydrogen-bond acceptors (Lipinski definition) is 5. The Morgan fingerprint density at radius 2 is 2.05 bits per heavy atom. The molecule has 0 aliphatic carbocycles. The molecule has 1 aromatic rings. The number of rotatable bonds is 6. The van der Waals surface area contributed by atoms with Gasteiger partial charge in [-0.15, -0.1) is 0 Å². The number of likely N-dealkylation sites (tertiary alicyclic amines) is 1. The predicted molar refractivity (Wildman–Crippen MR) is 75.1 cm³/mol. The van der Waals surface area contributed by atoms with Crippen LogP contribution in [0.15, 0.2) is 24.3 Å². The van der Waals surface area contributed by atoms with Gasteiger partial charge in [0.05, 0.1) is 20.1 Å². The van der Waals surface area contributed by atoms with Crippen LogP contribution in [0.3, 0.4) is 0 Å². The van der Waals surface area contributed by atoms with Crippen molar-refractivity contribution in [3.05, 3.63) is 24.3 Å². The number of methoxy groups -OCH3 is 2. The second-order valence-electron chi connectivity index (χ2n) is 4.81. The summed E-state index contributed by atoms with van der Waals surface area (Å²) in [6.07, 6.45) is 0.862. The maximum absolute atomic E-state index is 11.4. The van der Waals surface area contributed by atoms with E-state index < -0.39 is 0 Å². The van der Waals surface area contributed by atoms with E-state index in [1.54, 1.807) is 7.11 Å². The van der Waals surface area contributed by atoms with Crippen LogP contribution in [0.4, 0.5) is 0 Å². The Balaban J connectivity index is 1.75. The first-order chi connectivity index (χ1) is 9.74. The molecular formula is C15H21NO4. The number of hydrogen-bond donors (Lipinski definition) is 0. The molecule has 0 N–H and O–H groups in total. The largest absolute Gasteiger partial charge is 0.493 e. The van der Waals surface area contributed by atoms with Crippen molar-refractivity contribution in [2.75, 3.05) is 40.5 Å². The third-order valence-corrected chi connectivity index (χ3v) is 3.54. The van der Waals surface area contributed by atoms with E-state index in [-0.39, 0.29) is 11.9 Å². The van der Waals surface area contributed by atoms with Gasteiger partial charge in [-0.2, -0.15) is 0 Å². The molecule has 0 amide bonds. The van der Waals surface area contributed by atoms with E-state index in [9.17, 15) is 4.79 Å². The molecule has 2 rings (SSSR count). The summed E-state index contributed by atoms with van der Waals surface area (Å²) in [4.78, 5) is 13.7. The lowest BCUT2D eigenvalue weighted by Gasteiger charge is -2.16. The van der Waals surface area contributed by atoms with E-state index in [2.05, 4.69) is 4.90 Å². The number of benzene rings is 1. The van der Waals surface area contributed by atoms with Crippen molar-refractivity contribution in [3.63, 3.8) is 0 Å². The van der Waals surface area contributed by atoms with Crippen molar-refractivity contribution < 1.29 is 19.0 Å². The Morgan fingerprint density at radius 3 is 2.75 bits per heavy atom. The first-order valence-corrected chi connectivity index (χ1v) is 6.80. The lowest BCUT2D eigenvalue weighted by atomic mass is 10.1. The number of esters is 1. The number of carbonyl (C=O) groups excluding carboxylic acids is 1. The van der Waals surface area contributed by atoms with Crippen LogP contribution in [0.25, 0.3) is 0 Å². The van der Waals surface area contributed by atoms with Gasteiger partial charge in [-0.3, -0.25) is 9.69 Å². The van der Waals surface area contributed by atoms with Gasteiger partial charge in [0.15, 0.2) is 11.5 Å². The van der Waals surface area contributed by atoms with Crippen LogP contribution in [0.1, 0.15) is 6.42 Å². The van der Waals surface area contributed by atoms with E-state index in [4.69, 9.17) is 14.2 Å². The van der Waals surface area contributed by atoms with Gasteiger partial charge < -0.3 is 14.2 Å². The van der Waals surface area contributed by atoms with Gasteiger partial charge in [-0.25, -0.2) is 0 Å². The highest BCUT2D eigenvalue weighted by Crippen LogP contribution is 2.25. The fourth-order valence-corrected chi connectivity index (χ4v) is 2.42. The molecule has 1 fully saturated rings. The molecule has 0 saturated carbocycles. The molecule has 5 heteroatoms. The molecule has 0 aromatic heterocycles. The number of para-hydroxylation sites is 2. The van der Waals surface area contributed by atoms with Crippen LogP contribution in [0, 0.1) is 5.92 Å². The molecule has 1 heterocycles. The summed E-state index contributed by atoms with van der Waals surface area (Å²) in [5.41, 5.74) is 0. The molecular weight excluding hydrogens is 258 g/mol. The number of carbonyl (C=O) groups is 1. The van der Waals surface area contributed by atoms with Crippen molar-refractivity contribution in [1.29, 1.82) is 0 Å². The minimum atomic E-state index is -0.113. The van der Waals surface area contributed by atoms with Crippen molar-refractivity contribution in [1.82, 2.24) is 4.90 Å². The maximum Gasteiger partial charge on any atom is 0.310 e. The summed E-state index contributed by atoms with van der Waals surface area (Å²) in [6.45, 7) is 3.04. The van der Waals surface area contributed by atoms with Crippen LogP contribution in [0.5, 0.6) is 11.5 Å².